The molecule has 2 heterocycles. The van der Waals surface area contributed by atoms with Crippen LogP contribution in [0, 0.1) is 0 Å². The summed E-state index contributed by atoms with van der Waals surface area (Å²) in [6, 6.07) is 3.58. The number of anilines is 1. The molecule has 1 aliphatic rings. The van der Waals surface area contributed by atoms with Gasteiger partial charge in [0.2, 0.25) is 11.8 Å². The molecule has 1 saturated heterocycles. The van der Waals surface area contributed by atoms with E-state index < -0.39 is 0 Å². The summed E-state index contributed by atoms with van der Waals surface area (Å²) < 4.78 is 0. The molecule has 6 nitrogen and oxygen atoms in total. The van der Waals surface area contributed by atoms with E-state index in [1.807, 2.05) is 6.07 Å². The van der Waals surface area contributed by atoms with E-state index in [-0.39, 0.29) is 11.8 Å². The van der Waals surface area contributed by atoms with E-state index in [2.05, 4.69) is 4.98 Å². The Morgan fingerprint density at radius 3 is 2.45 bits per heavy atom. The Hall–Kier alpha value is -1.76. The topological polar surface area (TPSA) is 79.5 Å². The SMILES string of the molecule is CC(=O)N1CCN(C(=O)CSc2ccc(N)nc2)CC1. The summed E-state index contributed by atoms with van der Waals surface area (Å²) in [5, 5.41) is 0. The summed E-state index contributed by atoms with van der Waals surface area (Å²) in [7, 11) is 0. The number of nitrogens with two attached hydrogens (primary N) is 1. The molecule has 0 spiro atoms. The summed E-state index contributed by atoms with van der Waals surface area (Å²) in [5.41, 5.74) is 5.51. The Balaban J connectivity index is 1.78. The van der Waals surface area contributed by atoms with E-state index in [9.17, 15) is 9.59 Å². The zero-order valence-corrected chi connectivity index (χ0v) is 12.2. The largest absolute Gasteiger partial charge is 0.384 e. The van der Waals surface area contributed by atoms with Gasteiger partial charge < -0.3 is 15.5 Å². The van der Waals surface area contributed by atoms with Gasteiger partial charge in [-0.2, -0.15) is 0 Å². The lowest BCUT2D eigenvalue weighted by Gasteiger charge is -2.34. The average molecular weight is 294 g/mol. The smallest absolute Gasteiger partial charge is 0.233 e. The zero-order valence-electron chi connectivity index (χ0n) is 11.4. The predicted molar refractivity (Wildman–Crippen MR) is 78.2 cm³/mol. The molecule has 0 aromatic carbocycles. The first kappa shape index (κ1) is 14.6. The third-order valence-corrected chi connectivity index (χ3v) is 4.17. The molecular weight excluding hydrogens is 276 g/mol. The number of hydrogen-bond donors (Lipinski definition) is 1. The third-order valence-electron chi connectivity index (χ3n) is 3.20. The normalized spacial score (nSPS) is 15.2. The van der Waals surface area contributed by atoms with Crippen molar-refractivity contribution in [2.24, 2.45) is 0 Å². The quantitative estimate of drug-likeness (QED) is 0.819. The van der Waals surface area contributed by atoms with Crippen molar-refractivity contribution < 1.29 is 9.59 Å². The van der Waals surface area contributed by atoms with Gasteiger partial charge in [0.25, 0.3) is 0 Å². The molecule has 7 heteroatoms. The fourth-order valence-electron chi connectivity index (χ4n) is 1.98. The van der Waals surface area contributed by atoms with Gasteiger partial charge in [-0.1, -0.05) is 0 Å². The molecule has 2 rings (SSSR count). The maximum Gasteiger partial charge on any atom is 0.233 e. The zero-order chi connectivity index (χ0) is 14.5. The monoisotopic (exact) mass is 294 g/mol. The van der Waals surface area contributed by atoms with Crippen molar-refractivity contribution in [3.05, 3.63) is 18.3 Å². The van der Waals surface area contributed by atoms with Crippen LogP contribution in [0.1, 0.15) is 6.92 Å². The Kier molecular flexibility index (Phi) is 4.84. The highest BCUT2D eigenvalue weighted by atomic mass is 32.2. The second-order valence-electron chi connectivity index (χ2n) is 4.59. The third kappa shape index (κ3) is 3.86. The Labute approximate surface area is 122 Å². The van der Waals surface area contributed by atoms with Crippen LogP contribution < -0.4 is 5.73 Å². The van der Waals surface area contributed by atoms with Crippen LogP contribution in [0.15, 0.2) is 23.2 Å². The van der Waals surface area contributed by atoms with Crippen LogP contribution >= 0.6 is 11.8 Å². The number of pyridine rings is 1. The van der Waals surface area contributed by atoms with Gasteiger partial charge in [0, 0.05) is 44.2 Å². The minimum Gasteiger partial charge on any atom is -0.384 e. The van der Waals surface area contributed by atoms with Gasteiger partial charge in [-0.3, -0.25) is 9.59 Å². The fourth-order valence-corrected chi connectivity index (χ4v) is 2.75. The van der Waals surface area contributed by atoms with Crippen molar-refractivity contribution in [2.45, 2.75) is 11.8 Å². The van der Waals surface area contributed by atoms with E-state index in [1.54, 1.807) is 29.0 Å². The summed E-state index contributed by atoms with van der Waals surface area (Å²) in [6.45, 7) is 4.02. The molecule has 108 valence electrons. The van der Waals surface area contributed by atoms with E-state index in [0.717, 1.165) is 4.90 Å². The van der Waals surface area contributed by atoms with Gasteiger partial charge in [0.1, 0.15) is 5.82 Å². The number of nitrogens with zero attached hydrogens (tertiary/aromatic N) is 3. The molecule has 0 atom stereocenters. The highest BCUT2D eigenvalue weighted by molar-refractivity contribution is 8.00. The minimum absolute atomic E-state index is 0.0689. The van der Waals surface area contributed by atoms with Crippen molar-refractivity contribution in [2.75, 3.05) is 37.7 Å². The van der Waals surface area contributed by atoms with Gasteiger partial charge in [-0.25, -0.2) is 4.98 Å². The lowest BCUT2D eigenvalue weighted by atomic mass is 10.3. The number of amides is 2. The van der Waals surface area contributed by atoms with Crippen LogP contribution in [0.3, 0.4) is 0 Å². The number of nitrogen functional groups attached to an aromatic ring is 1. The molecule has 2 N–H and O–H groups in total. The number of carbonyl (C=O) groups is 2. The second kappa shape index (κ2) is 6.60. The van der Waals surface area contributed by atoms with Crippen LogP contribution in [0.4, 0.5) is 5.82 Å². The number of hydrogen-bond acceptors (Lipinski definition) is 5. The van der Waals surface area contributed by atoms with Crippen LogP contribution in [-0.4, -0.2) is 58.5 Å². The van der Waals surface area contributed by atoms with Crippen LogP contribution in [0.5, 0.6) is 0 Å². The van der Waals surface area contributed by atoms with Crippen molar-refractivity contribution >= 4 is 29.4 Å². The maximum absolute atomic E-state index is 12.1. The molecule has 0 saturated carbocycles. The average Bonchev–Trinajstić information content (AvgIpc) is 2.46. The van der Waals surface area contributed by atoms with Crippen LogP contribution in [-0.2, 0) is 9.59 Å². The standard InChI is InChI=1S/C13H18N4O2S/c1-10(18)16-4-6-17(7-5-16)13(19)9-20-11-2-3-12(14)15-8-11/h2-3,8H,4-7,9H2,1H3,(H2,14,15). The van der Waals surface area contributed by atoms with E-state index in [4.69, 9.17) is 5.73 Å². The number of thioether (sulfide) groups is 1. The summed E-state index contributed by atoms with van der Waals surface area (Å²) in [4.78, 5) is 31.8. The molecule has 1 aliphatic heterocycles. The molecule has 0 unspecified atom stereocenters. The number of aromatic nitrogens is 1. The molecule has 2 amide bonds. The maximum atomic E-state index is 12.1. The summed E-state index contributed by atoms with van der Waals surface area (Å²) >= 11 is 1.45. The van der Waals surface area contributed by atoms with Crippen molar-refractivity contribution in [3.8, 4) is 0 Å². The molecule has 0 bridgehead atoms. The van der Waals surface area contributed by atoms with E-state index >= 15 is 0 Å². The Bertz CT molecular complexity index is 484. The highest BCUT2D eigenvalue weighted by Crippen LogP contribution is 2.18. The van der Waals surface area contributed by atoms with Gasteiger partial charge in [0.05, 0.1) is 5.75 Å². The van der Waals surface area contributed by atoms with E-state index in [0.29, 0.717) is 37.7 Å². The first-order chi connectivity index (χ1) is 9.56. The highest BCUT2D eigenvalue weighted by Gasteiger charge is 2.22. The number of piperazine rings is 1. The first-order valence-electron chi connectivity index (χ1n) is 6.44. The summed E-state index contributed by atoms with van der Waals surface area (Å²) in [5.74, 6) is 1.02. The number of carbonyl (C=O) groups excluding carboxylic acids is 2. The predicted octanol–water partition coefficient (Wildman–Crippen LogP) is 0.447. The van der Waals surface area contributed by atoms with Gasteiger partial charge in [0.15, 0.2) is 0 Å². The molecule has 0 radical (unpaired) electrons. The van der Waals surface area contributed by atoms with Crippen molar-refractivity contribution in [1.29, 1.82) is 0 Å². The molecule has 20 heavy (non-hydrogen) atoms. The lowest BCUT2D eigenvalue weighted by molar-refractivity contribution is -0.136. The molecule has 1 aromatic heterocycles. The minimum atomic E-state index is 0.0689. The van der Waals surface area contributed by atoms with Gasteiger partial charge in [-0.15, -0.1) is 11.8 Å². The first-order valence-corrected chi connectivity index (χ1v) is 7.42. The summed E-state index contributed by atoms with van der Waals surface area (Å²) in [6.07, 6.45) is 1.67. The van der Waals surface area contributed by atoms with Crippen molar-refractivity contribution in [3.63, 3.8) is 0 Å². The van der Waals surface area contributed by atoms with E-state index in [1.165, 1.54) is 11.8 Å². The Morgan fingerprint density at radius 1 is 1.25 bits per heavy atom. The Morgan fingerprint density at radius 2 is 1.90 bits per heavy atom. The lowest BCUT2D eigenvalue weighted by Crippen LogP contribution is -2.50. The molecular formula is C13H18N4O2S. The van der Waals surface area contributed by atoms with Gasteiger partial charge >= 0.3 is 0 Å². The van der Waals surface area contributed by atoms with Crippen molar-refractivity contribution in [1.82, 2.24) is 14.8 Å². The van der Waals surface area contributed by atoms with Gasteiger partial charge in [-0.05, 0) is 12.1 Å². The van der Waals surface area contributed by atoms with Crippen LogP contribution in [0.2, 0.25) is 0 Å². The molecule has 1 aromatic rings. The molecule has 1 fully saturated rings. The number of rotatable bonds is 3. The van der Waals surface area contributed by atoms with Crippen LogP contribution in [0.25, 0.3) is 0 Å². The second-order valence-corrected chi connectivity index (χ2v) is 5.64. The fraction of sp³-hybridized carbons (Fsp3) is 0.462. The molecule has 0 aliphatic carbocycles.